The van der Waals surface area contributed by atoms with Crippen LogP contribution < -0.4 is 15.8 Å². The molecule has 6 heteroatoms. The predicted molar refractivity (Wildman–Crippen MR) is 74.2 cm³/mol. The van der Waals surface area contributed by atoms with E-state index in [9.17, 15) is 9.18 Å². The summed E-state index contributed by atoms with van der Waals surface area (Å²) in [6, 6.07) is 7.37. The highest BCUT2D eigenvalue weighted by Gasteiger charge is 2.15. The molecule has 104 valence electrons. The molecule has 0 aliphatic heterocycles. The molecule has 0 atom stereocenters. The van der Waals surface area contributed by atoms with Gasteiger partial charge in [-0.15, -0.1) is 0 Å². The molecule has 20 heavy (non-hydrogen) atoms. The van der Waals surface area contributed by atoms with Gasteiger partial charge in [-0.1, -0.05) is 6.07 Å². The van der Waals surface area contributed by atoms with Crippen LogP contribution in [-0.2, 0) is 0 Å². The summed E-state index contributed by atoms with van der Waals surface area (Å²) in [5, 5.41) is 2.61. The number of hydrogen-bond donors (Lipinski definition) is 2. The Kier molecular flexibility index (Phi) is 4.14. The molecular weight excluding hydrogens is 261 g/mol. The van der Waals surface area contributed by atoms with E-state index in [-0.39, 0.29) is 11.3 Å². The van der Waals surface area contributed by atoms with Gasteiger partial charge in [0.05, 0.1) is 17.9 Å². The van der Waals surface area contributed by atoms with Gasteiger partial charge in [-0.25, -0.2) is 9.37 Å². The van der Waals surface area contributed by atoms with Crippen LogP contribution in [0.4, 0.5) is 15.8 Å². The van der Waals surface area contributed by atoms with Crippen molar-refractivity contribution in [1.82, 2.24) is 4.98 Å². The van der Waals surface area contributed by atoms with Crippen molar-refractivity contribution in [1.29, 1.82) is 0 Å². The summed E-state index contributed by atoms with van der Waals surface area (Å²) in [7, 11) is 0. The average molecular weight is 275 g/mol. The highest BCUT2D eigenvalue weighted by atomic mass is 19.1. The molecule has 3 N–H and O–H groups in total. The minimum absolute atomic E-state index is 0.0660. The Morgan fingerprint density at radius 3 is 2.95 bits per heavy atom. The summed E-state index contributed by atoms with van der Waals surface area (Å²) in [6.45, 7) is 2.23. The summed E-state index contributed by atoms with van der Waals surface area (Å²) in [4.78, 5) is 16.1. The molecule has 0 unspecified atom stereocenters. The van der Waals surface area contributed by atoms with Crippen LogP contribution >= 0.6 is 0 Å². The number of nitrogen functional groups attached to an aromatic ring is 1. The number of rotatable bonds is 4. The smallest absolute Gasteiger partial charge is 0.258 e. The first-order chi connectivity index (χ1) is 9.63. The lowest BCUT2D eigenvalue weighted by Crippen LogP contribution is -2.15. The maximum atomic E-state index is 13.3. The van der Waals surface area contributed by atoms with Gasteiger partial charge in [0, 0.05) is 6.20 Å². The number of para-hydroxylation sites is 1. The number of pyridine rings is 1. The molecule has 0 saturated heterocycles. The Hall–Kier alpha value is -2.63. The maximum absolute atomic E-state index is 13.3. The Labute approximate surface area is 115 Å². The van der Waals surface area contributed by atoms with Crippen LogP contribution in [0.15, 0.2) is 36.5 Å². The number of nitrogens with two attached hydrogens (primary N) is 1. The first-order valence-electron chi connectivity index (χ1n) is 6.06. The largest absolute Gasteiger partial charge is 0.476 e. The topological polar surface area (TPSA) is 77.2 Å². The summed E-state index contributed by atoms with van der Waals surface area (Å²) in [5.41, 5.74) is 5.83. The Balaban J connectivity index is 2.26. The fourth-order valence-electron chi connectivity index (χ4n) is 1.66. The second-order valence-corrected chi connectivity index (χ2v) is 3.94. The predicted octanol–water partition coefficient (Wildman–Crippen LogP) is 2.45. The van der Waals surface area contributed by atoms with E-state index in [0.717, 1.165) is 0 Å². The second kappa shape index (κ2) is 6.01. The Morgan fingerprint density at radius 1 is 1.40 bits per heavy atom. The van der Waals surface area contributed by atoms with Crippen molar-refractivity contribution < 1.29 is 13.9 Å². The van der Waals surface area contributed by atoms with Crippen molar-refractivity contribution in [3.05, 3.63) is 47.9 Å². The lowest BCUT2D eigenvalue weighted by atomic mass is 10.1. The third-order valence-corrected chi connectivity index (χ3v) is 2.60. The quantitative estimate of drug-likeness (QED) is 0.840. The van der Waals surface area contributed by atoms with E-state index in [4.69, 9.17) is 10.5 Å². The van der Waals surface area contributed by atoms with E-state index in [2.05, 4.69) is 10.3 Å². The van der Waals surface area contributed by atoms with E-state index in [0.29, 0.717) is 18.2 Å². The number of anilines is 2. The summed E-state index contributed by atoms with van der Waals surface area (Å²) >= 11 is 0. The molecule has 0 saturated carbocycles. The van der Waals surface area contributed by atoms with Crippen LogP contribution in [0.3, 0.4) is 0 Å². The Bertz CT molecular complexity index is 632. The molecule has 1 heterocycles. The normalized spacial score (nSPS) is 10.1. The summed E-state index contributed by atoms with van der Waals surface area (Å²) < 4.78 is 18.6. The SMILES string of the molecule is CCOc1ncccc1NC(=O)c1cccc(F)c1N. The van der Waals surface area contributed by atoms with Crippen molar-refractivity contribution in [3.8, 4) is 5.88 Å². The molecule has 2 aromatic rings. The summed E-state index contributed by atoms with van der Waals surface area (Å²) in [5.74, 6) is -0.844. The highest BCUT2D eigenvalue weighted by Crippen LogP contribution is 2.23. The monoisotopic (exact) mass is 275 g/mol. The first-order valence-corrected chi connectivity index (χ1v) is 6.06. The second-order valence-electron chi connectivity index (χ2n) is 3.94. The zero-order chi connectivity index (χ0) is 14.5. The number of ether oxygens (including phenoxy) is 1. The fourth-order valence-corrected chi connectivity index (χ4v) is 1.66. The molecule has 0 spiro atoms. The van der Waals surface area contributed by atoms with E-state index >= 15 is 0 Å². The van der Waals surface area contributed by atoms with Crippen LogP contribution in [-0.4, -0.2) is 17.5 Å². The maximum Gasteiger partial charge on any atom is 0.258 e. The van der Waals surface area contributed by atoms with Crippen molar-refractivity contribution in [2.45, 2.75) is 6.92 Å². The molecule has 0 radical (unpaired) electrons. The standard InChI is InChI=1S/C14H14FN3O2/c1-2-20-14-11(7-4-8-17-14)18-13(19)9-5-3-6-10(15)12(9)16/h3-8H,2,16H2,1H3,(H,18,19). The van der Waals surface area contributed by atoms with Crippen LogP contribution in [0.25, 0.3) is 0 Å². The molecule has 0 aliphatic rings. The van der Waals surface area contributed by atoms with E-state index in [1.165, 1.54) is 18.2 Å². The highest BCUT2D eigenvalue weighted by molar-refractivity contribution is 6.08. The zero-order valence-electron chi connectivity index (χ0n) is 10.9. The van der Waals surface area contributed by atoms with Crippen molar-refractivity contribution >= 4 is 17.3 Å². The van der Waals surface area contributed by atoms with Gasteiger partial charge in [0.2, 0.25) is 5.88 Å². The van der Waals surface area contributed by atoms with Gasteiger partial charge >= 0.3 is 0 Å². The van der Waals surface area contributed by atoms with Crippen molar-refractivity contribution in [3.63, 3.8) is 0 Å². The Morgan fingerprint density at radius 2 is 2.20 bits per heavy atom. The van der Waals surface area contributed by atoms with E-state index in [1.807, 2.05) is 6.92 Å². The van der Waals surface area contributed by atoms with Gasteiger partial charge in [0.25, 0.3) is 5.91 Å². The molecule has 0 fully saturated rings. The lowest BCUT2D eigenvalue weighted by molar-refractivity contribution is 0.102. The molecule has 1 amide bonds. The van der Waals surface area contributed by atoms with Crippen molar-refractivity contribution in [2.75, 3.05) is 17.7 Å². The lowest BCUT2D eigenvalue weighted by Gasteiger charge is -2.11. The van der Waals surface area contributed by atoms with Crippen LogP contribution in [0.1, 0.15) is 17.3 Å². The number of amides is 1. The van der Waals surface area contributed by atoms with Crippen LogP contribution in [0.5, 0.6) is 5.88 Å². The third kappa shape index (κ3) is 2.85. The first kappa shape index (κ1) is 13.8. The van der Waals surface area contributed by atoms with Crippen LogP contribution in [0.2, 0.25) is 0 Å². The number of hydrogen-bond acceptors (Lipinski definition) is 4. The number of nitrogens with zero attached hydrogens (tertiary/aromatic N) is 1. The van der Waals surface area contributed by atoms with Gasteiger partial charge in [-0.05, 0) is 31.2 Å². The number of nitrogens with one attached hydrogen (secondary N) is 1. The molecule has 5 nitrogen and oxygen atoms in total. The van der Waals surface area contributed by atoms with Gasteiger partial charge in [0.15, 0.2) is 0 Å². The number of benzene rings is 1. The van der Waals surface area contributed by atoms with E-state index < -0.39 is 11.7 Å². The minimum atomic E-state index is -0.631. The van der Waals surface area contributed by atoms with Gasteiger partial charge < -0.3 is 15.8 Å². The molecule has 1 aromatic carbocycles. The fraction of sp³-hybridized carbons (Fsp3) is 0.143. The summed E-state index contributed by atoms with van der Waals surface area (Å²) in [6.07, 6.45) is 1.55. The zero-order valence-corrected chi connectivity index (χ0v) is 10.9. The third-order valence-electron chi connectivity index (χ3n) is 2.60. The molecule has 1 aromatic heterocycles. The van der Waals surface area contributed by atoms with Gasteiger partial charge in [0.1, 0.15) is 11.5 Å². The minimum Gasteiger partial charge on any atom is -0.476 e. The molecular formula is C14H14FN3O2. The number of carbonyl (C=O) groups is 1. The van der Waals surface area contributed by atoms with Gasteiger partial charge in [-0.3, -0.25) is 4.79 Å². The number of halogens is 1. The van der Waals surface area contributed by atoms with Gasteiger partial charge in [-0.2, -0.15) is 0 Å². The van der Waals surface area contributed by atoms with Crippen molar-refractivity contribution in [2.24, 2.45) is 0 Å². The van der Waals surface area contributed by atoms with Crippen LogP contribution in [0, 0.1) is 5.82 Å². The molecule has 0 bridgehead atoms. The van der Waals surface area contributed by atoms with E-state index in [1.54, 1.807) is 18.3 Å². The molecule has 2 rings (SSSR count). The number of carbonyl (C=O) groups excluding carboxylic acids is 1. The average Bonchev–Trinajstić information content (AvgIpc) is 2.44. The number of aromatic nitrogens is 1. The molecule has 0 aliphatic carbocycles.